The van der Waals surface area contributed by atoms with E-state index in [9.17, 15) is 23.1 Å². The number of pyridine rings is 2. The molecule has 2 aromatic heterocycles. The van der Waals surface area contributed by atoms with Gasteiger partial charge in [0.15, 0.2) is 5.60 Å². The van der Waals surface area contributed by atoms with Crippen LogP contribution in [0.5, 0.6) is 0 Å². The number of amidine groups is 1. The quantitative estimate of drug-likeness (QED) is 0.138. The second-order valence-corrected chi connectivity index (χ2v) is 15.4. The van der Waals surface area contributed by atoms with Crippen LogP contribution in [-0.4, -0.2) is 70.9 Å². The zero-order valence-corrected chi connectivity index (χ0v) is 30.0. The number of piperazine rings is 1. The van der Waals surface area contributed by atoms with Crippen LogP contribution in [0.25, 0.3) is 22.3 Å². The van der Waals surface area contributed by atoms with E-state index in [2.05, 4.69) is 9.30 Å². The Morgan fingerprint density at radius 3 is 2.40 bits per heavy atom. The van der Waals surface area contributed by atoms with E-state index < -0.39 is 21.6 Å². The predicted octanol–water partition coefficient (Wildman–Crippen LogP) is 4.88. The average molecular weight is 738 g/mol. The van der Waals surface area contributed by atoms with Gasteiger partial charge in [0.05, 0.1) is 33.9 Å². The van der Waals surface area contributed by atoms with Crippen LogP contribution in [0.2, 0.25) is 5.02 Å². The number of nitrogens with zero attached hydrogens (tertiary/aromatic N) is 5. The largest absolute Gasteiger partial charge is 0.458 e. The molecule has 0 aliphatic carbocycles. The highest BCUT2D eigenvalue weighted by Crippen LogP contribution is 2.40. The van der Waals surface area contributed by atoms with Crippen molar-refractivity contribution in [2.75, 3.05) is 26.2 Å². The Labute approximate surface area is 305 Å². The van der Waals surface area contributed by atoms with E-state index in [4.69, 9.17) is 21.3 Å². The number of carbonyl (C=O) groups excluding carboxylic acids is 1. The fourth-order valence-corrected chi connectivity index (χ4v) is 8.63. The van der Waals surface area contributed by atoms with Gasteiger partial charge in [-0.2, -0.15) is 8.42 Å². The number of para-hydroxylation sites is 1. The van der Waals surface area contributed by atoms with Crippen molar-refractivity contribution in [1.82, 2.24) is 19.4 Å². The predicted molar refractivity (Wildman–Crippen MR) is 198 cm³/mol. The summed E-state index contributed by atoms with van der Waals surface area (Å²) in [5.41, 5.74) is 3.32. The third-order valence-corrected chi connectivity index (χ3v) is 11.9. The first-order valence-electron chi connectivity index (χ1n) is 17.2. The van der Waals surface area contributed by atoms with E-state index >= 15 is 0 Å². The van der Waals surface area contributed by atoms with Crippen molar-refractivity contribution < 1.29 is 23.1 Å². The summed E-state index contributed by atoms with van der Waals surface area (Å²) in [4.78, 5) is 36.0. The molecule has 3 aliphatic heterocycles. The number of hydrogen-bond acceptors (Lipinski definition) is 8. The highest BCUT2D eigenvalue weighted by Gasteiger charge is 2.45. The van der Waals surface area contributed by atoms with Crippen LogP contribution >= 0.6 is 11.6 Å². The lowest BCUT2D eigenvalue weighted by molar-refractivity contribution is -0.172. The molecule has 13 heteroatoms. The summed E-state index contributed by atoms with van der Waals surface area (Å²) in [6, 6.07) is 25.4. The summed E-state index contributed by atoms with van der Waals surface area (Å²) in [6.45, 7) is 4.79. The molecule has 52 heavy (non-hydrogen) atoms. The van der Waals surface area contributed by atoms with E-state index in [1.54, 1.807) is 29.7 Å². The molecule has 266 valence electrons. The van der Waals surface area contributed by atoms with Gasteiger partial charge in [0.2, 0.25) is 0 Å². The molecule has 0 bridgehead atoms. The minimum atomic E-state index is -3.99. The van der Waals surface area contributed by atoms with Crippen molar-refractivity contribution >= 4 is 44.3 Å². The summed E-state index contributed by atoms with van der Waals surface area (Å²) < 4.78 is 38.2. The first-order valence-corrected chi connectivity index (χ1v) is 19.1. The maximum absolute atomic E-state index is 13.9. The molecule has 0 unspecified atom stereocenters. The van der Waals surface area contributed by atoms with Gasteiger partial charge in [0.25, 0.3) is 15.6 Å². The number of aromatic nitrogens is 2. The third-order valence-electron chi connectivity index (χ3n) is 10.4. The Kier molecular flexibility index (Phi) is 8.73. The highest BCUT2D eigenvalue weighted by atomic mass is 35.5. The molecular formula is C39H36ClN5O6S. The second-order valence-electron chi connectivity index (χ2n) is 13.4. The molecular weight excluding hydrogens is 702 g/mol. The molecule has 3 aliphatic rings. The topological polar surface area (TPSA) is 134 Å². The Hall–Kier alpha value is -4.88. The van der Waals surface area contributed by atoms with Crippen LogP contribution in [0.4, 0.5) is 0 Å². The van der Waals surface area contributed by atoms with Crippen LogP contribution in [0.15, 0.2) is 99.0 Å². The number of ether oxygens (including phenoxy) is 1. The van der Waals surface area contributed by atoms with Crippen molar-refractivity contribution in [3.63, 3.8) is 0 Å². The molecule has 1 N–H and O–H groups in total. The maximum Gasteiger partial charge on any atom is 0.343 e. The summed E-state index contributed by atoms with van der Waals surface area (Å²) in [7, 11) is -3.99. The molecule has 5 aromatic rings. The Balaban J connectivity index is 1.10. The number of fused-ring (bicyclic) bond motifs is 5. The van der Waals surface area contributed by atoms with Gasteiger partial charge in [-0.15, -0.1) is 4.40 Å². The van der Waals surface area contributed by atoms with E-state index in [1.165, 1.54) is 12.1 Å². The van der Waals surface area contributed by atoms with E-state index in [1.807, 2.05) is 59.5 Å². The van der Waals surface area contributed by atoms with Crippen LogP contribution in [0.3, 0.4) is 0 Å². The van der Waals surface area contributed by atoms with E-state index in [0.717, 1.165) is 27.6 Å². The third kappa shape index (κ3) is 5.99. The Morgan fingerprint density at radius 1 is 0.962 bits per heavy atom. The van der Waals surface area contributed by atoms with Crippen molar-refractivity contribution in [1.29, 1.82) is 0 Å². The average Bonchev–Trinajstić information content (AvgIpc) is 3.52. The van der Waals surface area contributed by atoms with Crippen LogP contribution in [-0.2, 0) is 51.3 Å². The fourth-order valence-electron chi connectivity index (χ4n) is 7.46. The zero-order chi connectivity index (χ0) is 36.2. The van der Waals surface area contributed by atoms with Gasteiger partial charge in [-0.05, 0) is 53.9 Å². The number of hydrogen-bond donors (Lipinski definition) is 1. The first kappa shape index (κ1) is 34.2. The van der Waals surface area contributed by atoms with E-state index in [0.29, 0.717) is 67.9 Å². The smallest absolute Gasteiger partial charge is 0.343 e. The van der Waals surface area contributed by atoms with Crippen LogP contribution in [0.1, 0.15) is 41.2 Å². The van der Waals surface area contributed by atoms with Gasteiger partial charge in [-0.25, -0.2) is 9.78 Å². The van der Waals surface area contributed by atoms with Crippen molar-refractivity contribution in [2.24, 2.45) is 4.40 Å². The van der Waals surface area contributed by atoms with E-state index in [-0.39, 0.29) is 34.6 Å². The monoisotopic (exact) mass is 737 g/mol. The molecule has 11 nitrogen and oxygen atoms in total. The van der Waals surface area contributed by atoms with Gasteiger partial charge in [0.1, 0.15) is 12.4 Å². The van der Waals surface area contributed by atoms with Crippen LogP contribution in [0, 0.1) is 0 Å². The number of rotatable bonds is 7. The molecule has 5 heterocycles. The number of cyclic esters (lactones) is 1. The van der Waals surface area contributed by atoms with Gasteiger partial charge >= 0.3 is 5.97 Å². The van der Waals surface area contributed by atoms with Crippen molar-refractivity contribution in [3.05, 3.63) is 128 Å². The lowest BCUT2D eigenvalue weighted by Gasteiger charge is -2.37. The van der Waals surface area contributed by atoms with Crippen molar-refractivity contribution in [3.8, 4) is 11.4 Å². The number of benzene rings is 3. The Bertz CT molecular complexity index is 2430. The summed E-state index contributed by atoms with van der Waals surface area (Å²) >= 11 is 6.02. The lowest BCUT2D eigenvalue weighted by atomic mass is 9.86. The lowest BCUT2D eigenvalue weighted by Crippen LogP contribution is -2.49. The normalized spacial score (nSPS) is 18.9. The number of esters is 1. The van der Waals surface area contributed by atoms with Gasteiger partial charge in [0, 0.05) is 60.7 Å². The number of halogens is 1. The molecule has 0 amide bonds. The van der Waals surface area contributed by atoms with Gasteiger partial charge < -0.3 is 19.3 Å². The second kappa shape index (κ2) is 13.3. The summed E-state index contributed by atoms with van der Waals surface area (Å²) in [6.07, 6.45) is 0.429. The summed E-state index contributed by atoms with van der Waals surface area (Å²) in [5.74, 6) is -0.278. The molecule has 1 atom stereocenters. The molecule has 0 radical (unpaired) electrons. The molecule has 3 aromatic carbocycles. The number of carbonyl (C=O) groups is 1. The minimum Gasteiger partial charge on any atom is -0.458 e. The molecule has 0 saturated carbocycles. The maximum atomic E-state index is 13.9. The number of aliphatic hydroxyl groups is 1. The summed E-state index contributed by atoms with van der Waals surface area (Å²) in [5, 5.41) is 12.7. The van der Waals surface area contributed by atoms with Crippen molar-refractivity contribution in [2.45, 2.75) is 50.0 Å². The molecule has 1 saturated heterocycles. The molecule has 8 rings (SSSR count). The van der Waals surface area contributed by atoms with Crippen LogP contribution < -0.4 is 5.56 Å². The molecule has 0 spiro atoms. The number of sulfonamides is 1. The standard InChI is InChI=1S/C39H36ClN5O6S/c1-2-39(48)32-21-34-36-30(23-45(34)37(46)31(32)24-51-38(39)47)29(28-10-6-7-11-33(28)41-36)22-43-16-18-44(19-17-43)35(20-25-8-4-3-5-9-25)42-52(49,50)27-14-12-26(40)13-15-27/h3-15,21,48H,2,16-20,22-24H2,1H3/b42-35-/t39-/m0/s1. The Morgan fingerprint density at radius 2 is 1.67 bits per heavy atom. The zero-order valence-electron chi connectivity index (χ0n) is 28.5. The van der Waals surface area contributed by atoms with Gasteiger partial charge in [-0.1, -0.05) is 67.1 Å². The minimum absolute atomic E-state index is 0.0712. The molecule has 1 fully saturated rings. The first-order chi connectivity index (χ1) is 25.1. The van der Waals surface area contributed by atoms with Gasteiger partial charge in [-0.3, -0.25) is 9.69 Å². The fraction of sp³-hybridized carbons (Fsp3) is 0.282. The SMILES string of the molecule is CC[C@@]1(O)C(=O)OCc2c1cc1n(c2=O)Cc2c-1nc1ccccc1c2CN1CCN(/C(Cc2ccccc2)=N\S(=O)(=O)c2ccc(Cl)cc2)CC1. The highest BCUT2D eigenvalue weighted by molar-refractivity contribution is 7.90.